The largest absolute Gasteiger partial charge is 0.415 e. The van der Waals surface area contributed by atoms with E-state index in [2.05, 4.69) is 10.2 Å². The molecule has 1 aliphatic rings. The molecular formula is C20H15F4N3O2. The van der Waals surface area contributed by atoms with Crippen molar-refractivity contribution >= 4 is 5.91 Å². The Hall–Kier alpha value is -3.23. The highest BCUT2D eigenvalue weighted by atomic mass is 19.3. The average molecular weight is 405 g/mol. The fourth-order valence-corrected chi connectivity index (χ4v) is 3.52. The van der Waals surface area contributed by atoms with Crippen LogP contribution >= 0.6 is 0 Å². The number of rotatable bonds is 3. The third kappa shape index (κ3) is 3.06. The van der Waals surface area contributed by atoms with Gasteiger partial charge in [0.1, 0.15) is 0 Å². The van der Waals surface area contributed by atoms with Crippen molar-refractivity contribution in [1.29, 1.82) is 0 Å². The monoisotopic (exact) mass is 405 g/mol. The number of likely N-dealkylation sites (N-methyl/N-ethyl adjacent to an activating group) is 1. The Kier molecular flexibility index (Phi) is 4.40. The molecule has 0 fully saturated rings. The molecule has 29 heavy (non-hydrogen) atoms. The molecule has 0 spiro atoms. The minimum Gasteiger partial charge on any atom is -0.415 e. The average Bonchev–Trinajstić information content (AvgIpc) is 3.19. The van der Waals surface area contributed by atoms with Gasteiger partial charge < -0.3 is 9.32 Å². The maximum atomic E-state index is 13.8. The first kappa shape index (κ1) is 19.1. The number of hydrogen-bond donors (Lipinski definition) is 0. The summed E-state index contributed by atoms with van der Waals surface area (Å²) in [6.45, 7) is 1.77. The number of alkyl halides is 2. The quantitative estimate of drug-likeness (QED) is 0.603. The zero-order valence-electron chi connectivity index (χ0n) is 15.4. The summed E-state index contributed by atoms with van der Waals surface area (Å²) in [5.74, 6) is -3.22. The van der Waals surface area contributed by atoms with E-state index in [0.29, 0.717) is 28.7 Å². The molecule has 1 atom stereocenters. The summed E-state index contributed by atoms with van der Waals surface area (Å²) < 4.78 is 57.4. The smallest absolute Gasteiger partial charge is 0.314 e. The van der Waals surface area contributed by atoms with E-state index in [4.69, 9.17) is 4.42 Å². The molecular weight excluding hydrogens is 390 g/mol. The van der Waals surface area contributed by atoms with Crippen LogP contribution < -0.4 is 0 Å². The molecule has 0 saturated carbocycles. The standard InChI is InChI=1S/C20H15F4N3O2/c1-20(12-5-6-14(21)15(22)8-12)9-11-4-3-10(7-13(11)19(28)27(20)2)17-25-26-18(29-17)16(23)24/h3-8,16H,9H2,1-2H3/t20-/m1/s1. The highest BCUT2D eigenvalue weighted by Crippen LogP contribution is 2.39. The zero-order chi connectivity index (χ0) is 20.9. The number of nitrogens with zero attached hydrogens (tertiary/aromatic N) is 3. The van der Waals surface area contributed by atoms with E-state index in [9.17, 15) is 22.4 Å². The Morgan fingerprint density at radius 1 is 1.10 bits per heavy atom. The number of halogens is 4. The van der Waals surface area contributed by atoms with E-state index < -0.39 is 29.5 Å². The van der Waals surface area contributed by atoms with Gasteiger partial charge in [-0.25, -0.2) is 8.78 Å². The van der Waals surface area contributed by atoms with Gasteiger partial charge in [0.05, 0.1) is 5.54 Å². The second-order valence-corrected chi connectivity index (χ2v) is 7.06. The Labute approximate surface area is 163 Å². The second-order valence-electron chi connectivity index (χ2n) is 7.06. The fraction of sp³-hybridized carbons (Fsp3) is 0.250. The third-order valence-corrected chi connectivity index (χ3v) is 5.34. The molecule has 1 aromatic heterocycles. The fourth-order valence-electron chi connectivity index (χ4n) is 3.52. The molecule has 5 nitrogen and oxygen atoms in total. The van der Waals surface area contributed by atoms with Crippen molar-refractivity contribution in [2.45, 2.75) is 25.3 Å². The minimum absolute atomic E-state index is 0.118. The molecule has 0 bridgehead atoms. The highest BCUT2D eigenvalue weighted by Gasteiger charge is 2.41. The van der Waals surface area contributed by atoms with Crippen LogP contribution in [0, 0.1) is 11.6 Å². The maximum Gasteiger partial charge on any atom is 0.314 e. The first-order chi connectivity index (χ1) is 13.7. The molecule has 0 unspecified atom stereocenters. The van der Waals surface area contributed by atoms with Crippen LogP contribution in [0.25, 0.3) is 11.5 Å². The van der Waals surface area contributed by atoms with E-state index in [1.54, 1.807) is 26.1 Å². The molecule has 1 amide bonds. The van der Waals surface area contributed by atoms with Crippen LogP contribution in [0.3, 0.4) is 0 Å². The maximum absolute atomic E-state index is 13.8. The summed E-state index contributed by atoms with van der Waals surface area (Å²) in [6, 6.07) is 8.32. The van der Waals surface area contributed by atoms with Crippen LogP contribution in [0.4, 0.5) is 17.6 Å². The van der Waals surface area contributed by atoms with Crippen LogP contribution in [-0.2, 0) is 12.0 Å². The highest BCUT2D eigenvalue weighted by molar-refractivity contribution is 5.98. The van der Waals surface area contributed by atoms with E-state index in [1.807, 2.05) is 0 Å². The molecule has 2 heterocycles. The number of aromatic nitrogens is 2. The second kappa shape index (κ2) is 6.68. The van der Waals surface area contributed by atoms with Crippen molar-refractivity contribution in [2.75, 3.05) is 7.05 Å². The third-order valence-electron chi connectivity index (χ3n) is 5.34. The lowest BCUT2D eigenvalue weighted by Gasteiger charge is -2.43. The van der Waals surface area contributed by atoms with Gasteiger partial charge in [0, 0.05) is 24.6 Å². The van der Waals surface area contributed by atoms with Crippen LogP contribution in [0.1, 0.15) is 40.7 Å². The summed E-state index contributed by atoms with van der Waals surface area (Å²) >= 11 is 0. The van der Waals surface area contributed by atoms with Gasteiger partial charge >= 0.3 is 6.43 Å². The van der Waals surface area contributed by atoms with E-state index in [0.717, 1.165) is 12.1 Å². The van der Waals surface area contributed by atoms with Crippen molar-refractivity contribution in [3.63, 3.8) is 0 Å². The Balaban J connectivity index is 1.74. The normalized spacial score (nSPS) is 19.0. The number of hydrogen-bond acceptors (Lipinski definition) is 4. The summed E-state index contributed by atoms with van der Waals surface area (Å²) in [4.78, 5) is 14.5. The number of benzene rings is 2. The van der Waals surface area contributed by atoms with Gasteiger partial charge in [0.25, 0.3) is 11.8 Å². The molecule has 0 saturated heterocycles. The van der Waals surface area contributed by atoms with Gasteiger partial charge in [-0.2, -0.15) is 8.78 Å². The summed E-state index contributed by atoms with van der Waals surface area (Å²) in [5, 5.41) is 6.88. The van der Waals surface area contributed by atoms with Crippen LogP contribution in [-0.4, -0.2) is 28.1 Å². The zero-order valence-corrected chi connectivity index (χ0v) is 15.4. The van der Waals surface area contributed by atoms with Gasteiger partial charge in [-0.15, -0.1) is 10.2 Å². The predicted octanol–water partition coefficient (Wildman–Crippen LogP) is 4.50. The number of carbonyl (C=O) groups is 1. The Morgan fingerprint density at radius 3 is 2.52 bits per heavy atom. The predicted molar refractivity (Wildman–Crippen MR) is 94.2 cm³/mol. The van der Waals surface area contributed by atoms with Crippen molar-refractivity contribution in [2.24, 2.45) is 0 Å². The first-order valence-electron chi connectivity index (χ1n) is 8.69. The molecule has 0 aliphatic carbocycles. The van der Waals surface area contributed by atoms with Gasteiger partial charge in [-0.1, -0.05) is 12.1 Å². The lowest BCUT2D eigenvalue weighted by atomic mass is 9.79. The summed E-state index contributed by atoms with van der Waals surface area (Å²) in [5.41, 5.74) is 0.925. The summed E-state index contributed by atoms with van der Waals surface area (Å²) in [6.07, 6.45) is -2.54. The lowest BCUT2D eigenvalue weighted by molar-refractivity contribution is 0.0546. The summed E-state index contributed by atoms with van der Waals surface area (Å²) in [7, 11) is 1.57. The van der Waals surface area contributed by atoms with Gasteiger partial charge in [0.15, 0.2) is 11.6 Å². The van der Waals surface area contributed by atoms with Crippen LogP contribution in [0.15, 0.2) is 40.8 Å². The number of amides is 1. The van der Waals surface area contributed by atoms with Gasteiger partial charge in [0.2, 0.25) is 5.89 Å². The Bertz CT molecular complexity index is 1110. The molecule has 1 aliphatic heterocycles. The van der Waals surface area contributed by atoms with Crippen molar-refractivity contribution < 1.29 is 26.8 Å². The first-order valence-corrected chi connectivity index (χ1v) is 8.69. The van der Waals surface area contributed by atoms with E-state index in [1.165, 1.54) is 17.0 Å². The molecule has 0 radical (unpaired) electrons. The molecule has 4 rings (SSSR count). The van der Waals surface area contributed by atoms with Crippen LogP contribution in [0.5, 0.6) is 0 Å². The lowest BCUT2D eigenvalue weighted by Crippen LogP contribution is -2.50. The number of carbonyl (C=O) groups excluding carboxylic acids is 1. The van der Waals surface area contributed by atoms with Crippen molar-refractivity contribution in [3.8, 4) is 11.5 Å². The van der Waals surface area contributed by atoms with E-state index >= 15 is 0 Å². The van der Waals surface area contributed by atoms with Gasteiger partial charge in [-0.05, 0) is 42.3 Å². The topological polar surface area (TPSA) is 59.2 Å². The molecule has 2 aromatic carbocycles. The molecule has 9 heteroatoms. The minimum atomic E-state index is -2.89. The molecule has 150 valence electrons. The van der Waals surface area contributed by atoms with Crippen LogP contribution in [0.2, 0.25) is 0 Å². The van der Waals surface area contributed by atoms with E-state index in [-0.39, 0.29) is 11.8 Å². The van der Waals surface area contributed by atoms with Gasteiger partial charge in [-0.3, -0.25) is 4.79 Å². The molecule has 3 aromatic rings. The van der Waals surface area contributed by atoms with Crippen molar-refractivity contribution in [3.05, 3.63) is 70.6 Å². The molecule has 0 N–H and O–H groups in total. The van der Waals surface area contributed by atoms with Crippen molar-refractivity contribution in [1.82, 2.24) is 15.1 Å². The Morgan fingerprint density at radius 2 is 1.86 bits per heavy atom. The SMILES string of the molecule is CN1C(=O)c2cc(-c3nnc(C(F)F)o3)ccc2C[C@]1(C)c1ccc(F)c(F)c1. The number of fused-ring (bicyclic) bond motifs is 1.